The molecule has 2 fully saturated rings. The minimum atomic E-state index is -0.426. The highest BCUT2D eigenvalue weighted by Gasteiger charge is 2.50. The third kappa shape index (κ3) is 3.46. The summed E-state index contributed by atoms with van der Waals surface area (Å²) in [5.41, 5.74) is 1.23. The number of carbonyl (C=O) groups is 1. The molecule has 31 heavy (non-hydrogen) atoms. The Morgan fingerprint density at radius 2 is 2.06 bits per heavy atom. The first-order valence-corrected chi connectivity index (χ1v) is 10.9. The molecule has 1 atom stereocenters. The molecule has 1 unspecified atom stereocenters. The highest BCUT2D eigenvalue weighted by atomic mass is 16.5. The molecule has 0 N–H and O–H groups in total. The molecule has 1 amide bonds. The van der Waals surface area contributed by atoms with Gasteiger partial charge >= 0.3 is 5.76 Å². The number of hydrogen-bond donors (Lipinski definition) is 0. The molecule has 9 nitrogen and oxygen atoms in total. The zero-order valence-corrected chi connectivity index (χ0v) is 17.7. The summed E-state index contributed by atoms with van der Waals surface area (Å²) in [5.74, 6) is 0.718. The second kappa shape index (κ2) is 7.96. The summed E-state index contributed by atoms with van der Waals surface area (Å²) < 4.78 is 14.5. The number of ether oxygens (including phenoxy) is 1. The monoisotopic (exact) mass is 425 g/mol. The molecule has 0 aliphatic carbocycles. The molecule has 0 radical (unpaired) electrons. The van der Waals surface area contributed by atoms with Crippen LogP contribution in [0.15, 0.2) is 39.8 Å². The van der Waals surface area contributed by atoms with Crippen LogP contribution in [0.25, 0.3) is 11.1 Å². The van der Waals surface area contributed by atoms with Gasteiger partial charge in [-0.3, -0.25) is 9.36 Å². The maximum absolute atomic E-state index is 13.2. The summed E-state index contributed by atoms with van der Waals surface area (Å²) in [5, 5.41) is 8.55. The van der Waals surface area contributed by atoms with Crippen molar-refractivity contribution in [3.63, 3.8) is 0 Å². The molecule has 2 saturated heterocycles. The van der Waals surface area contributed by atoms with Crippen molar-refractivity contribution in [2.24, 2.45) is 5.41 Å². The number of likely N-dealkylation sites (tertiary alicyclic amines) is 1. The Hall–Kier alpha value is -2.94. The van der Waals surface area contributed by atoms with Crippen molar-refractivity contribution in [3.8, 4) is 0 Å². The average Bonchev–Trinajstić information content (AvgIpc) is 3.47. The number of amides is 1. The quantitative estimate of drug-likeness (QED) is 0.621. The summed E-state index contributed by atoms with van der Waals surface area (Å²) in [4.78, 5) is 27.4. The minimum absolute atomic E-state index is 0.0347. The van der Waals surface area contributed by atoms with Crippen LogP contribution in [0.5, 0.6) is 0 Å². The molecule has 164 valence electrons. The van der Waals surface area contributed by atoms with Crippen LogP contribution in [0.4, 0.5) is 0 Å². The number of carbonyl (C=O) groups excluding carboxylic acids is 1. The van der Waals surface area contributed by atoms with Gasteiger partial charge in [0.1, 0.15) is 12.2 Å². The highest BCUT2D eigenvalue weighted by molar-refractivity contribution is 5.77. The SMILES string of the molecule is CCn1cnnc1C1CN(C(=O)CCn2c(=O)oc3ccccc32)CC12CCOCC2. The fourth-order valence-electron chi connectivity index (χ4n) is 5.17. The summed E-state index contributed by atoms with van der Waals surface area (Å²) >= 11 is 0. The lowest BCUT2D eigenvalue weighted by atomic mass is 9.71. The van der Waals surface area contributed by atoms with E-state index in [2.05, 4.69) is 21.7 Å². The summed E-state index contributed by atoms with van der Waals surface area (Å²) in [6.45, 7) is 5.90. The molecule has 0 saturated carbocycles. The number of hydrogen-bond acceptors (Lipinski definition) is 6. The van der Waals surface area contributed by atoms with Gasteiger partial charge in [-0.1, -0.05) is 12.1 Å². The van der Waals surface area contributed by atoms with Crippen molar-refractivity contribution in [2.75, 3.05) is 26.3 Å². The highest BCUT2D eigenvalue weighted by Crippen LogP contribution is 2.49. The van der Waals surface area contributed by atoms with Gasteiger partial charge in [-0.2, -0.15) is 0 Å². The molecule has 9 heteroatoms. The molecule has 4 heterocycles. The third-order valence-corrected chi connectivity index (χ3v) is 6.91. The van der Waals surface area contributed by atoms with E-state index in [9.17, 15) is 9.59 Å². The van der Waals surface area contributed by atoms with E-state index in [0.29, 0.717) is 38.4 Å². The van der Waals surface area contributed by atoms with Crippen LogP contribution in [0, 0.1) is 5.41 Å². The third-order valence-electron chi connectivity index (χ3n) is 6.91. The van der Waals surface area contributed by atoms with E-state index in [1.165, 1.54) is 0 Å². The number of fused-ring (bicyclic) bond motifs is 1. The topological polar surface area (TPSA) is 95.4 Å². The predicted molar refractivity (Wildman–Crippen MR) is 113 cm³/mol. The number of aromatic nitrogens is 4. The molecule has 3 aromatic rings. The zero-order valence-electron chi connectivity index (χ0n) is 17.7. The van der Waals surface area contributed by atoms with Gasteiger partial charge in [0, 0.05) is 57.1 Å². The van der Waals surface area contributed by atoms with Gasteiger partial charge < -0.3 is 18.6 Å². The first-order chi connectivity index (χ1) is 15.1. The van der Waals surface area contributed by atoms with Gasteiger partial charge in [-0.25, -0.2) is 4.79 Å². The number of nitrogens with zero attached hydrogens (tertiary/aromatic N) is 5. The van der Waals surface area contributed by atoms with Crippen LogP contribution in [-0.4, -0.2) is 56.4 Å². The lowest BCUT2D eigenvalue weighted by molar-refractivity contribution is -0.131. The summed E-state index contributed by atoms with van der Waals surface area (Å²) in [7, 11) is 0. The second-order valence-corrected chi connectivity index (χ2v) is 8.51. The van der Waals surface area contributed by atoms with E-state index in [4.69, 9.17) is 9.15 Å². The van der Waals surface area contributed by atoms with Gasteiger partial charge in [0.25, 0.3) is 0 Å². The minimum Gasteiger partial charge on any atom is -0.408 e. The van der Waals surface area contributed by atoms with Gasteiger partial charge in [-0.05, 0) is 31.9 Å². The maximum atomic E-state index is 13.2. The van der Waals surface area contributed by atoms with Crippen LogP contribution in [0.2, 0.25) is 0 Å². The Morgan fingerprint density at radius 3 is 2.87 bits per heavy atom. The molecular weight excluding hydrogens is 398 g/mol. The van der Waals surface area contributed by atoms with Gasteiger partial charge in [0.05, 0.1) is 5.52 Å². The fourth-order valence-corrected chi connectivity index (χ4v) is 5.17. The lowest BCUT2D eigenvalue weighted by Crippen LogP contribution is -2.38. The summed E-state index contributed by atoms with van der Waals surface area (Å²) in [6, 6.07) is 7.29. The smallest absolute Gasteiger partial charge is 0.408 e. The fraction of sp³-hybridized carbons (Fsp3) is 0.545. The van der Waals surface area contributed by atoms with Gasteiger partial charge in [0.15, 0.2) is 5.58 Å². The Morgan fingerprint density at radius 1 is 1.26 bits per heavy atom. The first-order valence-electron chi connectivity index (χ1n) is 10.9. The number of oxazole rings is 1. The number of benzene rings is 1. The largest absolute Gasteiger partial charge is 0.419 e. The van der Waals surface area contributed by atoms with Crippen molar-refractivity contribution >= 4 is 17.0 Å². The van der Waals surface area contributed by atoms with Crippen molar-refractivity contribution in [1.82, 2.24) is 24.2 Å². The standard InChI is InChI=1S/C22H27N5O4/c1-2-25-15-23-24-20(25)16-13-26(14-22(16)8-11-30-12-9-22)19(28)7-10-27-17-5-3-4-6-18(17)31-21(27)29/h3-6,15-16H,2,7-14H2,1H3. The van der Waals surface area contributed by atoms with Crippen molar-refractivity contribution < 1.29 is 13.9 Å². The van der Waals surface area contributed by atoms with E-state index in [-0.39, 0.29) is 23.7 Å². The van der Waals surface area contributed by atoms with Crippen LogP contribution < -0.4 is 5.76 Å². The zero-order chi connectivity index (χ0) is 21.4. The van der Waals surface area contributed by atoms with Crippen LogP contribution >= 0.6 is 0 Å². The number of aryl methyl sites for hydroxylation is 2. The molecule has 5 rings (SSSR count). The van der Waals surface area contributed by atoms with Crippen molar-refractivity contribution in [2.45, 2.75) is 45.2 Å². The van der Waals surface area contributed by atoms with E-state index < -0.39 is 5.76 Å². The Labute approximate surface area is 179 Å². The van der Waals surface area contributed by atoms with Gasteiger partial charge in [-0.15, -0.1) is 10.2 Å². The first kappa shape index (κ1) is 20.0. The Kier molecular flexibility index (Phi) is 5.13. The van der Waals surface area contributed by atoms with Gasteiger partial charge in [0.2, 0.25) is 5.91 Å². The molecule has 2 aliphatic rings. The molecule has 1 aromatic carbocycles. The van der Waals surface area contributed by atoms with Crippen LogP contribution in [-0.2, 0) is 22.6 Å². The number of para-hydroxylation sites is 2. The molecule has 2 aliphatic heterocycles. The van der Waals surface area contributed by atoms with Crippen LogP contribution in [0.1, 0.15) is 37.9 Å². The Bertz CT molecular complexity index is 1140. The predicted octanol–water partition coefficient (Wildman–Crippen LogP) is 2.02. The van der Waals surface area contributed by atoms with E-state index in [0.717, 1.165) is 30.7 Å². The lowest BCUT2D eigenvalue weighted by Gasteiger charge is -2.37. The van der Waals surface area contributed by atoms with Crippen molar-refractivity contribution in [1.29, 1.82) is 0 Å². The molecule has 1 spiro atoms. The normalized spacial score (nSPS) is 20.7. The second-order valence-electron chi connectivity index (χ2n) is 8.51. The average molecular weight is 425 g/mol. The molecular formula is C22H27N5O4. The van der Waals surface area contributed by atoms with E-state index in [1.807, 2.05) is 23.1 Å². The molecule has 0 bridgehead atoms. The summed E-state index contributed by atoms with van der Waals surface area (Å²) in [6.07, 6.45) is 3.83. The van der Waals surface area contributed by atoms with Crippen LogP contribution in [0.3, 0.4) is 0 Å². The van der Waals surface area contributed by atoms with E-state index in [1.54, 1.807) is 17.0 Å². The number of rotatable bonds is 5. The molecule has 2 aromatic heterocycles. The van der Waals surface area contributed by atoms with E-state index >= 15 is 0 Å². The Balaban J connectivity index is 1.36. The van der Waals surface area contributed by atoms with Crippen molar-refractivity contribution in [3.05, 3.63) is 47.0 Å². The maximum Gasteiger partial charge on any atom is 0.419 e.